The van der Waals surface area contributed by atoms with Gasteiger partial charge in [0.25, 0.3) is 0 Å². The fraction of sp³-hybridized carbons (Fsp3) is 0.786. The smallest absolute Gasteiger partial charge is 0.0951 e. The van der Waals surface area contributed by atoms with Gasteiger partial charge in [0, 0.05) is 24.3 Å². The molecule has 1 saturated heterocycles. The normalized spacial score (nSPS) is 27.4. The minimum atomic E-state index is 0.488. The summed E-state index contributed by atoms with van der Waals surface area (Å²) in [5, 5.41) is 3.69. The Hall–Kier alpha value is -0.830. The van der Waals surface area contributed by atoms with E-state index in [1.165, 1.54) is 25.0 Å². The van der Waals surface area contributed by atoms with E-state index in [-0.39, 0.29) is 0 Å². The highest BCUT2D eigenvalue weighted by Gasteiger charge is 2.24. The van der Waals surface area contributed by atoms with E-state index in [0.29, 0.717) is 24.0 Å². The van der Waals surface area contributed by atoms with Gasteiger partial charge in [-0.15, -0.1) is 0 Å². The number of imidazole rings is 1. The van der Waals surface area contributed by atoms with Crippen LogP contribution >= 0.6 is 0 Å². The number of piperidine rings is 1. The zero-order chi connectivity index (χ0) is 12.4. The van der Waals surface area contributed by atoms with Crippen LogP contribution in [0.25, 0.3) is 0 Å². The van der Waals surface area contributed by atoms with Gasteiger partial charge >= 0.3 is 0 Å². The van der Waals surface area contributed by atoms with E-state index in [9.17, 15) is 0 Å². The van der Waals surface area contributed by atoms with Crippen molar-refractivity contribution in [1.82, 2.24) is 14.9 Å². The summed E-state index contributed by atoms with van der Waals surface area (Å²) < 4.78 is 2.35. The minimum absolute atomic E-state index is 0.488. The second-order valence-corrected chi connectivity index (χ2v) is 5.76. The number of hydrogen-bond acceptors (Lipinski definition) is 2. The van der Waals surface area contributed by atoms with Gasteiger partial charge in [0.15, 0.2) is 0 Å². The first kappa shape index (κ1) is 12.6. The van der Waals surface area contributed by atoms with Crippen LogP contribution in [0.2, 0.25) is 0 Å². The Kier molecular flexibility index (Phi) is 3.87. The van der Waals surface area contributed by atoms with Gasteiger partial charge < -0.3 is 9.88 Å². The molecule has 2 heterocycles. The van der Waals surface area contributed by atoms with Crippen LogP contribution in [-0.4, -0.2) is 15.6 Å². The van der Waals surface area contributed by atoms with Crippen molar-refractivity contribution in [3.05, 3.63) is 18.2 Å². The molecule has 1 aromatic heterocycles. The first-order valence-electron chi connectivity index (χ1n) is 6.87. The number of nitrogens with zero attached hydrogens (tertiary/aromatic N) is 2. The Bertz CT molecular complexity index is 356. The maximum Gasteiger partial charge on any atom is 0.0951 e. The predicted octanol–water partition coefficient (Wildman–Crippen LogP) is 3.30. The fourth-order valence-electron chi connectivity index (χ4n) is 2.62. The maximum absolute atomic E-state index is 4.35. The molecule has 0 aliphatic carbocycles. The largest absolute Gasteiger partial charge is 0.330 e. The molecule has 0 amide bonds. The molecular formula is C14H25N3. The van der Waals surface area contributed by atoms with Gasteiger partial charge in [0.2, 0.25) is 0 Å². The SMILES string of the molecule is CC1CCCC(c2cncn2C(C)C(C)C)N1. The molecule has 0 aromatic carbocycles. The number of rotatable bonds is 3. The van der Waals surface area contributed by atoms with Crippen LogP contribution in [0.1, 0.15) is 64.7 Å². The van der Waals surface area contributed by atoms with Crippen molar-refractivity contribution in [3.8, 4) is 0 Å². The third kappa shape index (κ3) is 2.71. The van der Waals surface area contributed by atoms with Crippen molar-refractivity contribution in [2.75, 3.05) is 0 Å². The summed E-state index contributed by atoms with van der Waals surface area (Å²) in [7, 11) is 0. The Labute approximate surface area is 105 Å². The molecule has 1 aliphatic heterocycles. The summed E-state index contributed by atoms with van der Waals surface area (Å²) >= 11 is 0. The summed E-state index contributed by atoms with van der Waals surface area (Å²) in [5.74, 6) is 0.643. The topological polar surface area (TPSA) is 29.9 Å². The van der Waals surface area contributed by atoms with Gasteiger partial charge in [-0.05, 0) is 39.0 Å². The average Bonchev–Trinajstić information content (AvgIpc) is 2.76. The van der Waals surface area contributed by atoms with E-state index >= 15 is 0 Å². The molecule has 2 rings (SSSR count). The molecule has 1 aliphatic rings. The van der Waals surface area contributed by atoms with E-state index < -0.39 is 0 Å². The van der Waals surface area contributed by atoms with Gasteiger partial charge in [-0.25, -0.2) is 4.98 Å². The van der Waals surface area contributed by atoms with Gasteiger partial charge in [0.1, 0.15) is 0 Å². The Morgan fingerprint density at radius 3 is 2.76 bits per heavy atom. The van der Waals surface area contributed by atoms with E-state index in [2.05, 4.69) is 42.6 Å². The highest BCUT2D eigenvalue weighted by molar-refractivity contribution is 5.08. The van der Waals surface area contributed by atoms with Crippen LogP contribution < -0.4 is 5.32 Å². The minimum Gasteiger partial charge on any atom is -0.330 e. The number of hydrogen-bond donors (Lipinski definition) is 1. The van der Waals surface area contributed by atoms with Gasteiger partial charge in [-0.1, -0.05) is 13.8 Å². The van der Waals surface area contributed by atoms with Gasteiger partial charge in [0.05, 0.1) is 12.0 Å². The highest BCUT2D eigenvalue weighted by Crippen LogP contribution is 2.28. The Morgan fingerprint density at radius 2 is 2.12 bits per heavy atom. The predicted molar refractivity (Wildman–Crippen MR) is 71.0 cm³/mol. The molecule has 1 N–H and O–H groups in total. The molecule has 1 fully saturated rings. The summed E-state index contributed by atoms with van der Waals surface area (Å²) in [6, 6.07) is 1.64. The summed E-state index contributed by atoms with van der Waals surface area (Å²) in [5.41, 5.74) is 1.36. The zero-order valence-corrected chi connectivity index (χ0v) is 11.5. The van der Waals surface area contributed by atoms with Crippen molar-refractivity contribution >= 4 is 0 Å². The third-order valence-electron chi connectivity index (χ3n) is 4.07. The first-order chi connectivity index (χ1) is 8.09. The lowest BCUT2D eigenvalue weighted by Crippen LogP contribution is -2.36. The van der Waals surface area contributed by atoms with E-state index in [1.54, 1.807) is 0 Å². The molecule has 96 valence electrons. The molecule has 0 radical (unpaired) electrons. The van der Waals surface area contributed by atoms with Crippen molar-refractivity contribution in [3.63, 3.8) is 0 Å². The number of nitrogens with one attached hydrogen (secondary N) is 1. The first-order valence-corrected chi connectivity index (χ1v) is 6.87. The lowest BCUT2D eigenvalue weighted by atomic mass is 9.97. The lowest BCUT2D eigenvalue weighted by Gasteiger charge is -2.31. The fourth-order valence-corrected chi connectivity index (χ4v) is 2.62. The van der Waals surface area contributed by atoms with Crippen LogP contribution in [0.4, 0.5) is 0 Å². The van der Waals surface area contributed by atoms with Crippen LogP contribution in [0.3, 0.4) is 0 Å². The molecule has 17 heavy (non-hydrogen) atoms. The molecule has 0 saturated carbocycles. The van der Waals surface area contributed by atoms with E-state index in [4.69, 9.17) is 0 Å². The molecule has 3 nitrogen and oxygen atoms in total. The molecule has 1 aromatic rings. The van der Waals surface area contributed by atoms with Crippen molar-refractivity contribution in [2.45, 2.75) is 65.1 Å². The molecule has 3 unspecified atom stereocenters. The molecule has 3 atom stereocenters. The monoisotopic (exact) mass is 235 g/mol. The summed E-state index contributed by atoms with van der Waals surface area (Å²) in [6.45, 7) is 9.09. The molecule has 0 spiro atoms. The maximum atomic E-state index is 4.35. The molecule has 3 heteroatoms. The highest BCUT2D eigenvalue weighted by atomic mass is 15.1. The van der Waals surface area contributed by atoms with Gasteiger partial charge in [-0.2, -0.15) is 0 Å². The lowest BCUT2D eigenvalue weighted by molar-refractivity contribution is 0.312. The molecular weight excluding hydrogens is 210 g/mol. The quantitative estimate of drug-likeness (QED) is 0.871. The summed E-state index contributed by atoms with van der Waals surface area (Å²) in [4.78, 5) is 4.35. The van der Waals surface area contributed by atoms with Crippen LogP contribution in [-0.2, 0) is 0 Å². The Morgan fingerprint density at radius 1 is 1.35 bits per heavy atom. The Balaban J connectivity index is 2.18. The average molecular weight is 235 g/mol. The second kappa shape index (κ2) is 5.21. The van der Waals surface area contributed by atoms with Crippen molar-refractivity contribution in [2.24, 2.45) is 5.92 Å². The van der Waals surface area contributed by atoms with Gasteiger partial charge in [-0.3, -0.25) is 0 Å². The van der Waals surface area contributed by atoms with E-state index in [1.807, 2.05) is 12.5 Å². The number of aromatic nitrogens is 2. The zero-order valence-electron chi connectivity index (χ0n) is 11.5. The van der Waals surface area contributed by atoms with Crippen molar-refractivity contribution < 1.29 is 0 Å². The van der Waals surface area contributed by atoms with Crippen LogP contribution in [0, 0.1) is 5.92 Å². The standard InChI is InChI=1S/C14H25N3/c1-10(2)12(4)17-9-15-8-14(17)13-7-5-6-11(3)16-13/h8-13,16H,5-7H2,1-4H3. The van der Waals surface area contributed by atoms with E-state index in [0.717, 1.165) is 0 Å². The second-order valence-electron chi connectivity index (χ2n) is 5.76. The van der Waals surface area contributed by atoms with Crippen LogP contribution in [0.15, 0.2) is 12.5 Å². The van der Waals surface area contributed by atoms with Crippen molar-refractivity contribution in [1.29, 1.82) is 0 Å². The third-order valence-corrected chi connectivity index (χ3v) is 4.07. The van der Waals surface area contributed by atoms with Crippen LogP contribution in [0.5, 0.6) is 0 Å². The summed E-state index contributed by atoms with van der Waals surface area (Å²) in [6.07, 6.45) is 7.88. The molecule has 0 bridgehead atoms.